The Bertz CT molecular complexity index is 1730. The second kappa shape index (κ2) is 12.9. The first-order chi connectivity index (χ1) is 21.5. The van der Waals surface area contributed by atoms with Gasteiger partial charge in [-0.25, -0.2) is 4.39 Å². The van der Waals surface area contributed by atoms with Crippen LogP contribution >= 0.6 is 11.3 Å². The maximum atomic E-state index is 16.3. The van der Waals surface area contributed by atoms with E-state index in [4.69, 9.17) is 10.5 Å². The molecule has 2 aromatic heterocycles. The SMILES string of the molecule is CC.CC1CN(C)C1.COc1nc(N2CC3CCC(C2)N3)c2cc(C(F)(F)F)c(-c3csc4ccc(N)c(C#N)c34)c(F)c2n1. The molecule has 8 nitrogen and oxygen atoms in total. The van der Waals surface area contributed by atoms with Crippen molar-refractivity contribution in [2.24, 2.45) is 5.92 Å². The quantitative estimate of drug-likeness (QED) is 0.189. The highest BCUT2D eigenvalue weighted by Crippen LogP contribution is 2.47. The minimum atomic E-state index is -4.90. The van der Waals surface area contributed by atoms with Crippen molar-refractivity contribution >= 4 is 43.8 Å². The van der Waals surface area contributed by atoms with E-state index in [0.717, 1.165) is 36.2 Å². The van der Waals surface area contributed by atoms with Crippen LogP contribution < -0.4 is 20.7 Å². The van der Waals surface area contributed by atoms with E-state index in [1.165, 1.54) is 31.6 Å². The number of methoxy groups -OCH3 is 1. The van der Waals surface area contributed by atoms with Gasteiger partial charge in [0.1, 0.15) is 17.4 Å². The fraction of sp³-hybridized carbons (Fsp3) is 0.469. The molecule has 0 spiro atoms. The van der Waals surface area contributed by atoms with Gasteiger partial charge in [-0.3, -0.25) is 0 Å². The van der Waals surface area contributed by atoms with Gasteiger partial charge < -0.3 is 25.6 Å². The third-order valence-electron chi connectivity index (χ3n) is 8.29. The van der Waals surface area contributed by atoms with Crippen molar-refractivity contribution in [3.8, 4) is 23.2 Å². The van der Waals surface area contributed by atoms with Crippen LogP contribution in [0.3, 0.4) is 0 Å². The summed E-state index contributed by atoms with van der Waals surface area (Å²) < 4.78 is 65.6. The fourth-order valence-corrected chi connectivity index (χ4v) is 7.40. The highest BCUT2D eigenvalue weighted by molar-refractivity contribution is 7.17. The number of alkyl halides is 3. The van der Waals surface area contributed by atoms with Crippen LogP contribution in [0.1, 0.15) is 44.7 Å². The summed E-state index contributed by atoms with van der Waals surface area (Å²) in [6.07, 6.45) is -3.00. The van der Waals surface area contributed by atoms with Gasteiger partial charge >= 0.3 is 12.2 Å². The lowest BCUT2D eigenvalue weighted by Crippen LogP contribution is -2.51. The number of nitrogens with zero attached hydrogens (tertiary/aromatic N) is 5. The standard InChI is InChI=1S/C25H20F4N6OS.C5H11N.C2H6/c1-36-24-33-22-13(23(34-24)35-8-11-2-3-12(9-35)32-11)6-16(25(27,28)29)20(21(22)26)15-10-37-18-5-4-17(31)14(7-30)19(15)18;1-5-3-6(2)4-5;1-2/h4-6,10-12,32H,2-3,8-9,31H2,1H3;5H,3-4H2,1-2H3;1-2H3. The Labute approximate surface area is 263 Å². The zero-order valence-corrected chi connectivity index (χ0v) is 26.7. The van der Waals surface area contributed by atoms with Crippen LogP contribution in [0.2, 0.25) is 0 Å². The number of nitriles is 1. The summed E-state index contributed by atoms with van der Waals surface area (Å²) in [5.41, 5.74) is 3.85. The normalized spacial score (nSPS) is 19.8. The first-order valence-corrected chi connectivity index (χ1v) is 15.9. The number of piperazine rings is 1. The van der Waals surface area contributed by atoms with E-state index in [1.807, 2.05) is 24.8 Å². The third-order valence-corrected chi connectivity index (χ3v) is 9.24. The molecule has 0 amide bonds. The molecule has 3 aliphatic heterocycles. The summed E-state index contributed by atoms with van der Waals surface area (Å²) in [4.78, 5) is 12.7. The van der Waals surface area contributed by atoms with E-state index in [1.54, 1.807) is 6.07 Å². The molecule has 7 rings (SSSR count). The average Bonchev–Trinajstić information content (AvgIpc) is 3.58. The number of thiophene rings is 1. The zero-order chi connectivity index (χ0) is 32.6. The van der Waals surface area contributed by atoms with Crippen molar-refractivity contribution in [2.75, 3.05) is 51.0 Å². The number of aromatic nitrogens is 2. The molecule has 3 fully saturated rings. The minimum absolute atomic E-state index is 0.00128. The van der Waals surface area contributed by atoms with Crippen molar-refractivity contribution in [2.45, 2.75) is 51.9 Å². The molecule has 2 aromatic carbocycles. The molecule has 3 N–H and O–H groups in total. The minimum Gasteiger partial charge on any atom is -0.467 e. The number of nitrogen functional groups attached to an aromatic ring is 1. The lowest BCUT2D eigenvalue weighted by atomic mass is 9.93. The molecule has 4 aromatic rings. The van der Waals surface area contributed by atoms with Gasteiger partial charge in [-0.1, -0.05) is 20.8 Å². The number of ether oxygens (including phenoxy) is 1. The molecule has 0 aliphatic carbocycles. The Hall–Kier alpha value is -3.73. The van der Waals surface area contributed by atoms with Gasteiger partial charge in [-0.2, -0.15) is 28.4 Å². The first kappa shape index (κ1) is 32.7. The molecule has 3 aliphatic rings. The highest BCUT2D eigenvalue weighted by atomic mass is 32.1. The number of fused-ring (bicyclic) bond motifs is 4. The van der Waals surface area contributed by atoms with Crippen LogP contribution in [0.4, 0.5) is 29.1 Å². The fourth-order valence-electron chi connectivity index (χ4n) is 6.44. The summed E-state index contributed by atoms with van der Waals surface area (Å²) >= 11 is 1.11. The van der Waals surface area contributed by atoms with Crippen LogP contribution in [-0.2, 0) is 6.18 Å². The number of nitrogens with two attached hydrogens (primary N) is 1. The highest BCUT2D eigenvalue weighted by Gasteiger charge is 2.39. The number of nitrogens with one attached hydrogen (secondary N) is 1. The molecule has 3 saturated heterocycles. The summed E-state index contributed by atoms with van der Waals surface area (Å²) in [7, 11) is 3.48. The molecule has 240 valence electrons. The summed E-state index contributed by atoms with van der Waals surface area (Å²) in [5.74, 6) is 0.0132. The molecule has 13 heteroatoms. The Morgan fingerprint density at radius 1 is 1.11 bits per heavy atom. The molecular formula is C32H37F4N7OS. The van der Waals surface area contributed by atoms with Gasteiger partial charge in [-0.05, 0) is 49.4 Å². The lowest BCUT2D eigenvalue weighted by Gasteiger charge is -2.34. The van der Waals surface area contributed by atoms with E-state index in [0.29, 0.717) is 17.8 Å². The van der Waals surface area contributed by atoms with Gasteiger partial charge in [0.25, 0.3) is 0 Å². The molecule has 2 unspecified atom stereocenters. The topological polar surface area (TPSA) is 103 Å². The van der Waals surface area contributed by atoms with Crippen LogP contribution in [0.5, 0.6) is 6.01 Å². The third kappa shape index (κ3) is 6.23. The molecular weight excluding hydrogens is 606 g/mol. The molecule has 2 bridgehead atoms. The zero-order valence-electron chi connectivity index (χ0n) is 25.9. The summed E-state index contributed by atoms with van der Waals surface area (Å²) in [6, 6.07) is 6.18. The van der Waals surface area contributed by atoms with E-state index in [9.17, 15) is 18.4 Å². The Morgan fingerprint density at radius 3 is 2.31 bits per heavy atom. The maximum absolute atomic E-state index is 16.3. The number of halogens is 4. The van der Waals surface area contributed by atoms with Gasteiger partial charge in [0.15, 0.2) is 5.82 Å². The Kier molecular flexibility index (Phi) is 9.39. The second-order valence-electron chi connectivity index (χ2n) is 11.6. The molecule has 5 heterocycles. The Balaban J connectivity index is 0.000000443. The van der Waals surface area contributed by atoms with E-state index >= 15 is 4.39 Å². The predicted octanol–water partition coefficient (Wildman–Crippen LogP) is 6.67. The molecule has 0 radical (unpaired) electrons. The van der Waals surface area contributed by atoms with Crippen LogP contribution in [0.15, 0.2) is 23.6 Å². The van der Waals surface area contributed by atoms with Crippen LogP contribution in [0, 0.1) is 23.1 Å². The number of benzene rings is 2. The molecule has 0 saturated carbocycles. The molecule has 45 heavy (non-hydrogen) atoms. The number of hydrogen-bond donors (Lipinski definition) is 2. The lowest BCUT2D eigenvalue weighted by molar-refractivity contribution is -0.137. The van der Waals surface area contributed by atoms with E-state index < -0.39 is 23.1 Å². The number of rotatable bonds is 3. The summed E-state index contributed by atoms with van der Waals surface area (Å²) in [6.45, 7) is 9.94. The monoisotopic (exact) mass is 643 g/mol. The van der Waals surface area contributed by atoms with Crippen molar-refractivity contribution in [3.05, 3.63) is 40.5 Å². The van der Waals surface area contributed by atoms with Gasteiger partial charge in [0, 0.05) is 64.9 Å². The van der Waals surface area contributed by atoms with Crippen molar-refractivity contribution in [1.29, 1.82) is 5.26 Å². The molecule has 2 atom stereocenters. The number of likely N-dealkylation sites (tertiary alicyclic amines) is 1. The van der Waals surface area contributed by atoms with Crippen LogP contribution in [0.25, 0.3) is 32.1 Å². The number of hydrogen-bond acceptors (Lipinski definition) is 9. The van der Waals surface area contributed by atoms with Gasteiger partial charge in [0.05, 0.1) is 23.9 Å². The average molecular weight is 644 g/mol. The van der Waals surface area contributed by atoms with Gasteiger partial charge in [0.2, 0.25) is 0 Å². The largest absolute Gasteiger partial charge is 0.467 e. The van der Waals surface area contributed by atoms with Crippen LogP contribution in [-0.4, -0.2) is 67.3 Å². The predicted molar refractivity (Wildman–Crippen MR) is 171 cm³/mol. The maximum Gasteiger partial charge on any atom is 0.417 e. The smallest absolute Gasteiger partial charge is 0.417 e. The van der Waals surface area contributed by atoms with Gasteiger partial charge in [-0.15, -0.1) is 11.3 Å². The Morgan fingerprint density at radius 2 is 1.78 bits per heavy atom. The van der Waals surface area contributed by atoms with Crippen molar-refractivity contribution in [3.63, 3.8) is 0 Å². The second-order valence-corrected chi connectivity index (χ2v) is 12.5. The summed E-state index contributed by atoms with van der Waals surface area (Å²) in [5, 5.41) is 14.7. The van der Waals surface area contributed by atoms with Crippen molar-refractivity contribution < 1.29 is 22.3 Å². The van der Waals surface area contributed by atoms with E-state index in [-0.39, 0.29) is 57.0 Å². The first-order valence-electron chi connectivity index (χ1n) is 15.0. The number of anilines is 2. The van der Waals surface area contributed by atoms with E-state index in [2.05, 4.69) is 34.2 Å². The van der Waals surface area contributed by atoms with Crippen molar-refractivity contribution in [1.82, 2.24) is 20.2 Å².